The zero-order chi connectivity index (χ0) is 22.1. The second-order valence-corrected chi connectivity index (χ2v) is 10.5. The largest absolute Gasteiger partial charge is 0.444 e. The Labute approximate surface area is 183 Å². The van der Waals surface area contributed by atoms with Gasteiger partial charge in [-0.05, 0) is 77.7 Å². The van der Waals surface area contributed by atoms with Crippen LogP contribution >= 0.6 is 0 Å². The molecule has 1 heterocycles. The Balaban J connectivity index is 1.67. The Morgan fingerprint density at radius 1 is 1.10 bits per heavy atom. The molecule has 1 saturated carbocycles. The number of guanidine groups is 1. The number of rotatable bonds is 6. The second-order valence-electron chi connectivity index (χ2n) is 10.5. The van der Waals surface area contributed by atoms with Gasteiger partial charge in [0.05, 0.1) is 0 Å². The van der Waals surface area contributed by atoms with Gasteiger partial charge < -0.3 is 25.6 Å². The van der Waals surface area contributed by atoms with Crippen molar-refractivity contribution in [2.75, 3.05) is 33.2 Å². The number of likely N-dealkylation sites (tertiary alicyclic amines) is 1. The Hall–Kier alpha value is -1.50. The average Bonchev–Trinajstić information content (AvgIpc) is 2.64. The number of aliphatic imine (C=N–C) groups is 1. The predicted molar refractivity (Wildman–Crippen MR) is 124 cm³/mol. The third-order valence-corrected chi connectivity index (χ3v) is 5.80. The van der Waals surface area contributed by atoms with Crippen molar-refractivity contribution in [3.8, 4) is 0 Å². The molecule has 0 aromatic heterocycles. The Morgan fingerprint density at radius 3 is 2.30 bits per heavy atom. The van der Waals surface area contributed by atoms with Crippen molar-refractivity contribution in [2.45, 2.75) is 90.8 Å². The van der Waals surface area contributed by atoms with Crippen molar-refractivity contribution in [2.24, 2.45) is 16.8 Å². The molecule has 174 valence electrons. The lowest BCUT2D eigenvalue weighted by molar-refractivity contribution is 0.0490. The minimum absolute atomic E-state index is 0.196. The molecule has 1 unspecified atom stereocenters. The Morgan fingerprint density at radius 2 is 1.73 bits per heavy atom. The molecule has 7 nitrogen and oxygen atoms in total. The molecule has 1 aliphatic heterocycles. The van der Waals surface area contributed by atoms with Crippen LogP contribution in [0.5, 0.6) is 0 Å². The highest BCUT2D eigenvalue weighted by Crippen LogP contribution is 2.20. The summed E-state index contributed by atoms with van der Waals surface area (Å²) >= 11 is 0. The van der Waals surface area contributed by atoms with Gasteiger partial charge in [0.25, 0.3) is 0 Å². The first-order valence-corrected chi connectivity index (χ1v) is 11.8. The number of hydrogen-bond acceptors (Lipinski definition) is 4. The van der Waals surface area contributed by atoms with Gasteiger partial charge in [0.1, 0.15) is 5.60 Å². The van der Waals surface area contributed by atoms with Gasteiger partial charge in [0.2, 0.25) is 0 Å². The van der Waals surface area contributed by atoms with Crippen molar-refractivity contribution >= 4 is 12.1 Å². The molecule has 0 spiro atoms. The summed E-state index contributed by atoms with van der Waals surface area (Å²) < 4.78 is 5.37. The van der Waals surface area contributed by atoms with Crippen molar-refractivity contribution in [1.29, 1.82) is 0 Å². The van der Waals surface area contributed by atoms with Crippen molar-refractivity contribution < 1.29 is 9.53 Å². The Kier molecular flexibility index (Phi) is 9.72. The number of ether oxygens (including phenoxy) is 1. The van der Waals surface area contributed by atoms with Gasteiger partial charge in [-0.3, -0.25) is 4.99 Å². The van der Waals surface area contributed by atoms with Gasteiger partial charge in [0, 0.05) is 38.8 Å². The summed E-state index contributed by atoms with van der Waals surface area (Å²) in [4.78, 5) is 19.0. The molecule has 2 aliphatic rings. The minimum Gasteiger partial charge on any atom is -0.444 e. The van der Waals surface area contributed by atoms with Gasteiger partial charge in [-0.15, -0.1) is 0 Å². The number of alkyl carbamates (subject to hydrolysis) is 1. The molecule has 2 fully saturated rings. The van der Waals surface area contributed by atoms with E-state index in [-0.39, 0.29) is 12.1 Å². The molecule has 2 rings (SSSR count). The lowest BCUT2D eigenvalue weighted by Crippen LogP contribution is -2.49. The molecule has 1 saturated heterocycles. The van der Waals surface area contributed by atoms with E-state index in [0.717, 1.165) is 44.1 Å². The van der Waals surface area contributed by atoms with E-state index in [4.69, 9.17) is 4.74 Å². The number of amides is 1. The average molecular weight is 424 g/mol. The van der Waals surface area contributed by atoms with Crippen LogP contribution in [0.15, 0.2) is 4.99 Å². The van der Waals surface area contributed by atoms with E-state index in [1.54, 1.807) is 0 Å². The van der Waals surface area contributed by atoms with Crippen molar-refractivity contribution in [3.05, 3.63) is 0 Å². The minimum atomic E-state index is -0.453. The number of carbonyl (C=O) groups excluding carboxylic acids is 1. The molecule has 0 bridgehead atoms. The van der Waals surface area contributed by atoms with E-state index in [0.29, 0.717) is 12.0 Å². The normalized spacial score (nSPS) is 26.4. The standard InChI is InChI=1S/C23H45N5O2/c1-17(2)15-28-13-7-8-18(16-28)14-25-21(24-6)26-19-9-11-20(12-10-19)27-22(29)30-23(3,4)5/h17-20H,7-16H2,1-6H3,(H,27,29)(H2,24,25,26). The summed E-state index contributed by atoms with van der Waals surface area (Å²) in [7, 11) is 1.84. The SMILES string of the molecule is CN=C(NCC1CCCN(CC(C)C)C1)NC1CCC(NC(=O)OC(C)(C)C)CC1. The maximum absolute atomic E-state index is 12.0. The molecule has 30 heavy (non-hydrogen) atoms. The second kappa shape index (κ2) is 11.8. The van der Waals surface area contributed by atoms with Crippen LogP contribution in [0.1, 0.15) is 73.1 Å². The summed E-state index contributed by atoms with van der Waals surface area (Å²) in [5, 5.41) is 10.1. The van der Waals surface area contributed by atoms with Crippen LogP contribution < -0.4 is 16.0 Å². The van der Waals surface area contributed by atoms with Crippen molar-refractivity contribution in [1.82, 2.24) is 20.9 Å². The summed E-state index contributed by atoms with van der Waals surface area (Å²) in [6, 6.07) is 0.596. The summed E-state index contributed by atoms with van der Waals surface area (Å²) in [5.74, 6) is 2.32. The molecule has 0 aromatic rings. The lowest BCUT2D eigenvalue weighted by Gasteiger charge is -2.34. The molecule has 3 N–H and O–H groups in total. The molecule has 1 amide bonds. The monoisotopic (exact) mass is 423 g/mol. The highest BCUT2D eigenvalue weighted by molar-refractivity contribution is 5.80. The molecular weight excluding hydrogens is 378 g/mol. The van der Waals surface area contributed by atoms with Gasteiger partial charge >= 0.3 is 6.09 Å². The van der Waals surface area contributed by atoms with Gasteiger partial charge in [0.15, 0.2) is 5.96 Å². The predicted octanol–water partition coefficient (Wildman–Crippen LogP) is 3.36. The first kappa shape index (κ1) is 24.8. The Bertz CT molecular complexity index is 550. The van der Waals surface area contributed by atoms with E-state index in [9.17, 15) is 4.79 Å². The van der Waals surface area contributed by atoms with Gasteiger partial charge in [-0.1, -0.05) is 13.8 Å². The highest BCUT2D eigenvalue weighted by Gasteiger charge is 2.26. The first-order valence-electron chi connectivity index (χ1n) is 11.8. The van der Waals surface area contributed by atoms with E-state index in [2.05, 4.69) is 39.7 Å². The maximum atomic E-state index is 12.0. The molecular formula is C23H45N5O2. The number of nitrogens with zero attached hydrogens (tertiary/aromatic N) is 2. The molecule has 0 aromatic carbocycles. The third-order valence-electron chi connectivity index (χ3n) is 5.80. The van der Waals surface area contributed by atoms with Crippen LogP contribution in [0.3, 0.4) is 0 Å². The van der Waals surface area contributed by atoms with Crippen LogP contribution in [-0.2, 0) is 4.74 Å². The van der Waals surface area contributed by atoms with E-state index >= 15 is 0 Å². The smallest absolute Gasteiger partial charge is 0.407 e. The molecule has 0 radical (unpaired) electrons. The molecule has 1 aliphatic carbocycles. The van der Waals surface area contributed by atoms with Crippen molar-refractivity contribution in [3.63, 3.8) is 0 Å². The topological polar surface area (TPSA) is 78.0 Å². The zero-order valence-electron chi connectivity index (χ0n) is 20.1. The number of hydrogen-bond donors (Lipinski definition) is 3. The van der Waals surface area contributed by atoms with E-state index in [1.165, 1.54) is 32.5 Å². The van der Waals surface area contributed by atoms with Crippen LogP contribution in [0, 0.1) is 11.8 Å². The number of nitrogens with one attached hydrogen (secondary N) is 3. The summed E-state index contributed by atoms with van der Waals surface area (Å²) in [6.45, 7) is 14.9. The fraction of sp³-hybridized carbons (Fsp3) is 0.913. The summed E-state index contributed by atoms with van der Waals surface area (Å²) in [5.41, 5.74) is -0.453. The van der Waals surface area contributed by atoms with Gasteiger partial charge in [-0.25, -0.2) is 4.79 Å². The van der Waals surface area contributed by atoms with Crippen LogP contribution in [0.4, 0.5) is 4.79 Å². The first-order chi connectivity index (χ1) is 14.1. The number of piperidine rings is 1. The van der Waals surface area contributed by atoms with Gasteiger partial charge in [-0.2, -0.15) is 0 Å². The van der Waals surface area contributed by atoms with E-state index < -0.39 is 5.60 Å². The quantitative estimate of drug-likeness (QED) is 0.451. The lowest BCUT2D eigenvalue weighted by atomic mass is 9.91. The molecule has 7 heteroatoms. The maximum Gasteiger partial charge on any atom is 0.407 e. The highest BCUT2D eigenvalue weighted by atomic mass is 16.6. The summed E-state index contributed by atoms with van der Waals surface area (Å²) in [6.07, 6.45) is 6.23. The third kappa shape index (κ3) is 9.54. The van der Waals surface area contributed by atoms with Crippen LogP contribution in [0.2, 0.25) is 0 Å². The van der Waals surface area contributed by atoms with E-state index in [1.807, 2.05) is 27.8 Å². The van der Waals surface area contributed by atoms with Crippen LogP contribution in [0.25, 0.3) is 0 Å². The fourth-order valence-electron chi connectivity index (χ4n) is 4.49. The fourth-order valence-corrected chi connectivity index (χ4v) is 4.49. The molecule has 1 atom stereocenters. The van der Waals surface area contributed by atoms with Crippen LogP contribution in [-0.4, -0.2) is 67.9 Å². The number of carbonyl (C=O) groups is 1. The zero-order valence-corrected chi connectivity index (χ0v) is 20.1.